The third kappa shape index (κ3) is 2.69. The number of para-hydroxylation sites is 1. The van der Waals surface area contributed by atoms with Gasteiger partial charge in [-0.15, -0.1) is 0 Å². The summed E-state index contributed by atoms with van der Waals surface area (Å²) in [6, 6.07) is 6.96. The Bertz CT molecular complexity index is 993. The van der Waals surface area contributed by atoms with Crippen molar-refractivity contribution < 1.29 is 9.42 Å². The molecule has 1 amide bonds. The fourth-order valence-corrected chi connectivity index (χ4v) is 3.35. The lowest BCUT2D eigenvalue weighted by Crippen LogP contribution is -2.36. The van der Waals surface area contributed by atoms with Gasteiger partial charge in [0.25, 0.3) is 5.56 Å². The van der Waals surface area contributed by atoms with E-state index < -0.39 is 0 Å². The summed E-state index contributed by atoms with van der Waals surface area (Å²) in [6.45, 7) is 2.40. The van der Waals surface area contributed by atoms with Crippen molar-refractivity contribution >= 4 is 16.8 Å². The molecule has 0 spiro atoms. The Balaban J connectivity index is 1.61. The summed E-state index contributed by atoms with van der Waals surface area (Å²) in [7, 11) is 0. The largest absolute Gasteiger partial charge is 0.332 e. The molecule has 128 valence electrons. The molecule has 2 aromatic heterocycles. The van der Waals surface area contributed by atoms with Gasteiger partial charge in [-0.2, -0.15) is 0 Å². The highest BCUT2D eigenvalue weighted by Crippen LogP contribution is 2.32. The van der Waals surface area contributed by atoms with Crippen LogP contribution >= 0.6 is 0 Å². The van der Waals surface area contributed by atoms with E-state index in [2.05, 4.69) is 15.3 Å². The van der Waals surface area contributed by atoms with Crippen LogP contribution in [0.2, 0.25) is 0 Å². The molecule has 1 atom stereocenters. The highest BCUT2D eigenvalue weighted by molar-refractivity contribution is 5.79. The molecule has 0 unspecified atom stereocenters. The van der Waals surface area contributed by atoms with Crippen molar-refractivity contribution in [3.05, 3.63) is 52.3 Å². The summed E-state index contributed by atoms with van der Waals surface area (Å²) in [5.41, 5.74) is 1.79. The molecular formula is C17H17N5O3. The van der Waals surface area contributed by atoms with E-state index in [1.165, 1.54) is 10.9 Å². The maximum atomic E-state index is 12.8. The van der Waals surface area contributed by atoms with Crippen LogP contribution in [-0.2, 0) is 11.3 Å². The Labute approximate surface area is 143 Å². The summed E-state index contributed by atoms with van der Waals surface area (Å²) >= 11 is 0. The fraction of sp³-hybridized carbons (Fsp3) is 0.353. The minimum absolute atomic E-state index is 0.0442. The van der Waals surface area contributed by atoms with Crippen molar-refractivity contribution in [2.24, 2.45) is 0 Å². The standard InChI is InChI=1S/C17H17N5O3/c1-11-16(20-25-19-11)14-7-4-8-22(14)15(23)9-21-10-18-13-6-3-2-5-12(13)17(21)24/h2-3,5-6,10,14H,4,7-9H2,1H3/t14-/m1/s1. The van der Waals surface area contributed by atoms with Gasteiger partial charge in [0.15, 0.2) is 0 Å². The van der Waals surface area contributed by atoms with Crippen LogP contribution in [0.5, 0.6) is 0 Å². The van der Waals surface area contributed by atoms with Gasteiger partial charge < -0.3 is 4.90 Å². The van der Waals surface area contributed by atoms with Crippen molar-refractivity contribution in [3.63, 3.8) is 0 Å². The first kappa shape index (κ1) is 15.5. The second-order valence-corrected chi connectivity index (χ2v) is 6.17. The maximum absolute atomic E-state index is 12.8. The number of fused-ring (bicyclic) bond motifs is 1. The zero-order chi connectivity index (χ0) is 17.4. The summed E-state index contributed by atoms with van der Waals surface area (Å²) in [5.74, 6) is -0.135. The molecule has 0 radical (unpaired) electrons. The van der Waals surface area contributed by atoms with E-state index in [0.29, 0.717) is 28.8 Å². The van der Waals surface area contributed by atoms with E-state index in [-0.39, 0.29) is 24.1 Å². The molecule has 1 aliphatic rings. The van der Waals surface area contributed by atoms with Crippen molar-refractivity contribution in [1.29, 1.82) is 0 Å². The van der Waals surface area contributed by atoms with Crippen LogP contribution < -0.4 is 5.56 Å². The Kier molecular flexibility index (Phi) is 3.79. The van der Waals surface area contributed by atoms with E-state index in [9.17, 15) is 9.59 Å². The van der Waals surface area contributed by atoms with Gasteiger partial charge in [-0.25, -0.2) is 9.61 Å². The molecule has 0 saturated carbocycles. The molecule has 25 heavy (non-hydrogen) atoms. The lowest BCUT2D eigenvalue weighted by molar-refractivity contribution is -0.132. The van der Waals surface area contributed by atoms with E-state index in [0.717, 1.165) is 12.8 Å². The van der Waals surface area contributed by atoms with Gasteiger partial charge in [-0.05, 0) is 31.9 Å². The molecule has 0 aliphatic carbocycles. The maximum Gasteiger partial charge on any atom is 0.261 e. The monoisotopic (exact) mass is 339 g/mol. The zero-order valence-electron chi connectivity index (χ0n) is 13.8. The zero-order valence-corrected chi connectivity index (χ0v) is 13.8. The van der Waals surface area contributed by atoms with E-state index in [1.54, 1.807) is 23.1 Å². The number of carbonyl (C=O) groups is 1. The minimum Gasteiger partial charge on any atom is -0.332 e. The highest BCUT2D eigenvalue weighted by atomic mass is 16.6. The third-order valence-electron chi connectivity index (χ3n) is 4.61. The second kappa shape index (κ2) is 6.12. The fourth-order valence-electron chi connectivity index (χ4n) is 3.35. The van der Waals surface area contributed by atoms with Crippen LogP contribution in [-0.4, -0.2) is 37.2 Å². The van der Waals surface area contributed by atoms with Crippen LogP contribution in [0.15, 0.2) is 40.0 Å². The van der Waals surface area contributed by atoms with Gasteiger partial charge in [0.05, 0.1) is 23.3 Å². The molecule has 1 fully saturated rings. The van der Waals surface area contributed by atoms with Gasteiger partial charge in [-0.3, -0.25) is 14.2 Å². The molecule has 0 bridgehead atoms. The van der Waals surface area contributed by atoms with Crippen LogP contribution in [0, 0.1) is 6.92 Å². The lowest BCUT2D eigenvalue weighted by Gasteiger charge is -2.23. The van der Waals surface area contributed by atoms with Crippen LogP contribution in [0.25, 0.3) is 10.9 Å². The molecule has 8 nitrogen and oxygen atoms in total. The topological polar surface area (TPSA) is 94.1 Å². The first-order chi connectivity index (χ1) is 12.1. The number of aromatic nitrogens is 4. The molecular weight excluding hydrogens is 322 g/mol. The summed E-state index contributed by atoms with van der Waals surface area (Å²) < 4.78 is 6.12. The van der Waals surface area contributed by atoms with Crippen molar-refractivity contribution in [2.45, 2.75) is 32.4 Å². The number of carbonyl (C=O) groups excluding carboxylic acids is 1. The summed E-state index contributed by atoms with van der Waals surface area (Å²) in [4.78, 5) is 31.3. The highest BCUT2D eigenvalue weighted by Gasteiger charge is 2.33. The quantitative estimate of drug-likeness (QED) is 0.717. The van der Waals surface area contributed by atoms with Gasteiger partial charge in [0, 0.05) is 6.54 Å². The Morgan fingerprint density at radius 3 is 2.96 bits per heavy atom. The number of nitrogens with zero attached hydrogens (tertiary/aromatic N) is 5. The number of amides is 1. The number of aryl methyl sites for hydroxylation is 1. The molecule has 8 heteroatoms. The number of hydrogen-bond acceptors (Lipinski definition) is 6. The lowest BCUT2D eigenvalue weighted by atomic mass is 10.1. The smallest absolute Gasteiger partial charge is 0.261 e. The molecule has 1 saturated heterocycles. The molecule has 0 N–H and O–H groups in total. The average molecular weight is 339 g/mol. The third-order valence-corrected chi connectivity index (χ3v) is 4.61. The van der Waals surface area contributed by atoms with E-state index >= 15 is 0 Å². The first-order valence-corrected chi connectivity index (χ1v) is 8.18. The van der Waals surface area contributed by atoms with Crippen LogP contribution in [0.4, 0.5) is 0 Å². The Hall–Kier alpha value is -3.03. The van der Waals surface area contributed by atoms with Crippen molar-refractivity contribution in [2.75, 3.05) is 6.54 Å². The van der Waals surface area contributed by atoms with E-state index in [1.807, 2.05) is 13.0 Å². The predicted octanol–water partition coefficient (Wildman–Crippen LogP) is 1.45. The van der Waals surface area contributed by atoms with Crippen molar-refractivity contribution in [1.82, 2.24) is 24.8 Å². The molecule has 3 aromatic rings. The van der Waals surface area contributed by atoms with Gasteiger partial charge in [0.1, 0.15) is 17.9 Å². The minimum atomic E-state index is -0.214. The number of hydrogen-bond donors (Lipinski definition) is 0. The number of rotatable bonds is 3. The van der Waals surface area contributed by atoms with Gasteiger partial charge in [-0.1, -0.05) is 22.4 Å². The second-order valence-electron chi connectivity index (χ2n) is 6.17. The van der Waals surface area contributed by atoms with Crippen molar-refractivity contribution in [3.8, 4) is 0 Å². The van der Waals surface area contributed by atoms with E-state index in [4.69, 9.17) is 4.63 Å². The van der Waals surface area contributed by atoms with Gasteiger partial charge >= 0.3 is 0 Å². The molecule has 3 heterocycles. The molecule has 4 rings (SSSR count). The molecule has 1 aromatic carbocycles. The SMILES string of the molecule is Cc1nonc1[C@H]1CCCN1C(=O)Cn1cnc2ccccc2c1=O. The van der Waals surface area contributed by atoms with Gasteiger partial charge in [0.2, 0.25) is 5.91 Å². The van der Waals surface area contributed by atoms with Crippen LogP contribution in [0.3, 0.4) is 0 Å². The first-order valence-electron chi connectivity index (χ1n) is 8.18. The molecule has 1 aliphatic heterocycles. The normalized spacial score (nSPS) is 17.3. The predicted molar refractivity (Wildman–Crippen MR) is 88.7 cm³/mol. The number of benzene rings is 1. The van der Waals surface area contributed by atoms with Crippen LogP contribution in [0.1, 0.15) is 30.3 Å². The number of likely N-dealkylation sites (tertiary alicyclic amines) is 1. The summed E-state index contributed by atoms with van der Waals surface area (Å²) in [5, 5.41) is 8.24. The Morgan fingerprint density at radius 2 is 2.16 bits per heavy atom. The summed E-state index contributed by atoms with van der Waals surface area (Å²) in [6.07, 6.45) is 3.12. The Morgan fingerprint density at radius 1 is 1.32 bits per heavy atom. The average Bonchev–Trinajstić information content (AvgIpc) is 3.26.